The van der Waals surface area contributed by atoms with E-state index in [1.165, 1.54) is 12.5 Å². The SMILES string of the molecule is Cc1ncoc1C(=O)N1CCc2[nH]nc(-c3cccc4c3OC(F)(F)O4)c2C1. The van der Waals surface area contributed by atoms with Crippen molar-refractivity contribution >= 4 is 5.91 Å². The van der Waals surface area contributed by atoms with Crippen molar-refractivity contribution in [1.82, 2.24) is 20.1 Å². The number of aromatic nitrogens is 3. The molecule has 1 N–H and O–H groups in total. The first-order chi connectivity index (χ1) is 13.4. The fourth-order valence-electron chi connectivity index (χ4n) is 3.50. The summed E-state index contributed by atoms with van der Waals surface area (Å²) < 4.78 is 41.4. The number of para-hydroxylation sites is 1. The molecule has 0 spiro atoms. The predicted molar refractivity (Wildman–Crippen MR) is 89.9 cm³/mol. The number of oxazole rings is 1. The lowest BCUT2D eigenvalue weighted by atomic mass is 10.00. The lowest BCUT2D eigenvalue weighted by Gasteiger charge is -2.26. The van der Waals surface area contributed by atoms with E-state index in [2.05, 4.69) is 24.7 Å². The average Bonchev–Trinajstić information content (AvgIpc) is 3.35. The fraction of sp³-hybridized carbons (Fsp3) is 0.278. The Bertz CT molecular complexity index is 1090. The van der Waals surface area contributed by atoms with E-state index in [4.69, 9.17) is 4.42 Å². The van der Waals surface area contributed by atoms with Gasteiger partial charge in [0.15, 0.2) is 17.9 Å². The molecule has 8 nitrogen and oxygen atoms in total. The van der Waals surface area contributed by atoms with Gasteiger partial charge >= 0.3 is 6.29 Å². The molecule has 2 aliphatic rings. The number of nitrogens with one attached hydrogen (secondary N) is 1. The summed E-state index contributed by atoms with van der Waals surface area (Å²) in [6, 6.07) is 4.62. The number of aromatic amines is 1. The van der Waals surface area contributed by atoms with E-state index < -0.39 is 6.29 Å². The molecule has 28 heavy (non-hydrogen) atoms. The third kappa shape index (κ3) is 2.52. The standard InChI is InChI=1S/C18H14F2N4O4/c1-9-15(26-8-21-9)17(25)24-6-5-12-11(7-24)14(23-22-12)10-3-2-4-13-16(10)28-18(19,20)27-13/h2-4,8H,5-7H2,1H3,(H,22,23). The molecule has 0 radical (unpaired) electrons. The minimum absolute atomic E-state index is 0.0553. The van der Waals surface area contributed by atoms with Crippen molar-refractivity contribution in [2.24, 2.45) is 0 Å². The molecule has 10 heteroatoms. The van der Waals surface area contributed by atoms with Crippen LogP contribution in [-0.4, -0.2) is 38.8 Å². The number of rotatable bonds is 2. The minimum atomic E-state index is -3.72. The molecular formula is C18H14F2N4O4. The molecular weight excluding hydrogens is 374 g/mol. The molecule has 0 aliphatic carbocycles. The van der Waals surface area contributed by atoms with E-state index in [0.717, 1.165) is 11.3 Å². The van der Waals surface area contributed by atoms with Crippen LogP contribution in [0, 0.1) is 6.92 Å². The summed E-state index contributed by atoms with van der Waals surface area (Å²) in [6.45, 7) is 2.42. The summed E-state index contributed by atoms with van der Waals surface area (Å²) >= 11 is 0. The number of nitrogens with zero attached hydrogens (tertiary/aromatic N) is 3. The van der Waals surface area contributed by atoms with Crippen molar-refractivity contribution in [3.8, 4) is 22.8 Å². The third-order valence-electron chi connectivity index (χ3n) is 4.84. The number of hydrogen-bond donors (Lipinski definition) is 1. The number of aryl methyl sites for hydroxylation is 1. The van der Waals surface area contributed by atoms with Crippen LogP contribution in [0.1, 0.15) is 27.5 Å². The van der Waals surface area contributed by atoms with Crippen LogP contribution in [0.25, 0.3) is 11.3 Å². The van der Waals surface area contributed by atoms with Gasteiger partial charge in [-0.25, -0.2) is 4.98 Å². The van der Waals surface area contributed by atoms with Crippen LogP contribution in [0.4, 0.5) is 8.78 Å². The van der Waals surface area contributed by atoms with E-state index in [0.29, 0.717) is 29.9 Å². The van der Waals surface area contributed by atoms with Gasteiger partial charge in [-0.05, 0) is 19.1 Å². The Morgan fingerprint density at radius 2 is 2.18 bits per heavy atom. The second-order valence-electron chi connectivity index (χ2n) is 6.57. The monoisotopic (exact) mass is 388 g/mol. The van der Waals surface area contributed by atoms with E-state index in [9.17, 15) is 13.6 Å². The Morgan fingerprint density at radius 3 is 2.96 bits per heavy atom. The maximum absolute atomic E-state index is 13.5. The summed E-state index contributed by atoms with van der Waals surface area (Å²) in [5.74, 6) is -0.223. The highest BCUT2D eigenvalue weighted by atomic mass is 19.3. The first-order valence-electron chi connectivity index (χ1n) is 8.57. The number of amides is 1. The number of halogens is 2. The Hall–Kier alpha value is -3.43. The average molecular weight is 388 g/mol. The van der Waals surface area contributed by atoms with E-state index >= 15 is 0 Å². The first-order valence-corrected chi connectivity index (χ1v) is 8.57. The van der Waals surface area contributed by atoms with Gasteiger partial charge in [0.05, 0.1) is 12.2 Å². The Labute approximate surface area is 157 Å². The number of ether oxygens (including phenoxy) is 2. The third-order valence-corrected chi connectivity index (χ3v) is 4.84. The molecule has 0 fully saturated rings. The molecule has 0 saturated carbocycles. The predicted octanol–water partition coefficient (Wildman–Crippen LogP) is 2.89. The number of carbonyl (C=O) groups excluding carboxylic acids is 1. The van der Waals surface area contributed by atoms with Crippen molar-refractivity contribution < 1.29 is 27.5 Å². The maximum atomic E-state index is 13.5. The quantitative estimate of drug-likeness (QED) is 0.726. The summed E-state index contributed by atoms with van der Waals surface area (Å²) in [7, 11) is 0. The molecule has 0 unspecified atom stereocenters. The fourth-order valence-corrected chi connectivity index (χ4v) is 3.50. The number of benzene rings is 1. The van der Waals surface area contributed by atoms with Gasteiger partial charge in [0, 0.05) is 29.8 Å². The van der Waals surface area contributed by atoms with Gasteiger partial charge in [0.1, 0.15) is 5.69 Å². The highest BCUT2D eigenvalue weighted by molar-refractivity contribution is 5.92. The Kier molecular flexibility index (Phi) is 3.45. The molecule has 2 aromatic heterocycles. The normalized spacial score (nSPS) is 16.9. The van der Waals surface area contributed by atoms with Crippen molar-refractivity contribution in [1.29, 1.82) is 0 Å². The van der Waals surface area contributed by atoms with Crippen LogP contribution < -0.4 is 9.47 Å². The van der Waals surface area contributed by atoms with Gasteiger partial charge < -0.3 is 18.8 Å². The Balaban J connectivity index is 1.51. The van der Waals surface area contributed by atoms with Crippen LogP contribution >= 0.6 is 0 Å². The summed E-state index contributed by atoms with van der Waals surface area (Å²) in [6.07, 6.45) is -1.95. The molecule has 5 rings (SSSR count). The molecule has 0 bridgehead atoms. The molecule has 144 valence electrons. The molecule has 1 amide bonds. The van der Waals surface area contributed by atoms with Crippen molar-refractivity contribution in [3.63, 3.8) is 0 Å². The number of fused-ring (bicyclic) bond motifs is 2. The van der Waals surface area contributed by atoms with Crippen LogP contribution in [0.3, 0.4) is 0 Å². The number of hydrogen-bond acceptors (Lipinski definition) is 6. The van der Waals surface area contributed by atoms with Crippen LogP contribution in [0.5, 0.6) is 11.5 Å². The van der Waals surface area contributed by atoms with Crippen LogP contribution in [0.15, 0.2) is 29.0 Å². The molecule has 2 aliphatic heterocycles. The van der Waals surface area contributed by atoms with Crippen molar-refractivity contribution in [2.45, 2.75) is 26.2 Å². The molecule has 3 aromatic rings. The molecule has 0 atom stereocenters. The summed E-state index contributed by atoms with van der Waals surface area (Å²) in [5, 5.41) is 7.22. The van der Waals surface area contributed by atoms with Crippen LogP contribution in [0.2, 0.25) is 0 Å². The van der Waals surface area contributed by atoms with Gasteiger partial charge in [-0.15, -0.1) is 8.78 Å². The highest BCUT2D eigenvalue weighted by Crippen LogP contribution is 2.47. The highest BCUT2D eigenvalue weighted by Gasteiger charge is 2.45. The van der Waals surface area contributed by atoms with Gasteiger partial charge in [0.25, 0.3) is 5.91 Å². The first kappa shape index (κ1) is 16.7. The second-order valence-corrected chi connectivity index (χ2v) is 6.57. The minimum Gasteiger partial charge on any atom is -0.438 e. The van der Waals surface area contributed by atoms with Gasteiger partial charge in [-0.3, -0.25) is 9.89 Å². The van der Waals surface area contributed by atoms with Crippen molar-refractivity contribution in [3.05, 3.63) is 47.3 Å². The van der Waals surface area contributed by atoms with Gasteiger partial charge in [0.2, 0.25) is 5.76 Å². The number of H-pyrrole nitrogens is 1. The number of carbonyl (C=O) groups is 1. The van der Waals surface area contributed by atoms with Crippen LogP contribution in [-0.2, 0) is 13.0 Å². The van der Waals surface area contributed by atoms with E-state index in [1.807, 2.05) is 0 Å². The molecule has 4 heterocycles. The smallest absolute Gasteiger partial charge is 0.438 e. The van der Waals surface area contributed by atoms with E-state index in [1.54, 1.807) is 24.0 Å². The van der Waals surface area contributed by atoms with E-state index in [-0.39, 0.29) is 29.7 Å². The summed E-state index contributed by atoms with van der Waals surface area (Å²) in [4.78, 5) is 18.3. The molecule has 1 aromatic carbocycles. The zero-order valence-corrected chi connectivity index (χ0v) is 14.7. The second kappa shape index (κ2) is 5.78. The zero-order chi connectivity index (χ0) is 19.5. The maximum Gasteiger partial charge on any atom is 0.586 e. The topological polar surface area (TPSA) is 93.5 Å². The lowest BCUT2D eigenvalue weighted by molar-refractivity contribution is -0.286. The zero-order valence-electron chi connectivity index (χ0n) is 14.7. The Morgan fingerprint density at radius 1 is 1.32 bits per heavy atom. The number of alkyl halides is 2. The summed E-state index contributed by atoms with van der Waals surface area (Å²) in [5.41, 5.74) is 2.91. The van der Waals surface area contributed by atoms with Gasteiger partial charge in [-0.2, -0.15) is 5.10 Å². The lowest BCUT2D eigenvalue weighted by Crippen LogP contribution is -2.36. The molecule has 0 saturated heterocycles. The van der Waals surface area contributed by atoms with Gasteiger partial charge in [-0.1, -0.05) is 6.07 Å². The largest absolute Gasteiger partial charge is 0.586 e. The van der Waals surface area contributed by atoms with Crippen molar-refractivity contribution in [2.75, 3.05) is 6.54 Å².